The average molecular weight is 444 g/mol. The summed E-state index contributed by atoms with van der Waals surface area (Å²) < 4.78 is 49.1. The van der Waals surface area contributed by atoms with E-state index in [1.54, 1.807) is 0 Å². The summed E-state index contributed by atoms with van der Waals surface area (Å²) in [5.41, 5.74) is -0.650. The van der Waals surface area contributed by atoms with Gasteiger partial charge in [0, 0.05) is 39.8 Å². The molecule has 0 N–H and O–H groups in total. The molecule has 0 saturated carbocycles. The maximum atomic E-state index is 12.7. The standard InChI is InChI=1S/C13H10F3N6O3.Y/c1-21-12(23)22(20-19-21)9-3-2-4-10(25-13(14,15)16)8(9)7-24-11-5-6-17-18-11;/h2-6H,7H2,1H3;/q-1;. The number of tetrazole rings is 1. The van der Waals surface area contributed by atoms with Gasteiger partial charge in [-0.1, -0.05) is 6.07 Å². The zero-order chi connectivity index (χ0) is 18.0. The minimum Gasteiger partial charge on any atom is -0.579 e. The van der Waals surface area contributed by atoms with Crippen molar-refractivity contribution in [2.45, 2.75) is 13.0 Å². The van der Waals surface area contributed by atoms with Gasteiger partial charge in [-0.2, -0.15) is 15.6 Å². The van der Waals surface area contributed by atoms with E-state index < -0.39 is 17.8 Å². The van der Waals surface area contributed by atoms with Crippen LogP contribution in [0.5, 0.6) is 11.6 Å². The summed E-state index contributed by atoms with van der Waals surface area (Å²) in [6.45, 7) is -0.358. The van der Waals surface area contributed by atoms with Gasteiger partial charge in [0.15, 0.2) is 5.88 Å². The maximum Gasteiger partial charge on any atom is 0.573 e. The van der Waals surface area contributed by atoms with Gasteiger partial charge in [0.25, 0.3) is 0 Å². The van der Waals surface area contributed by atoms with Crippen molar-refractivity contribution in [3.05, 3.63) is 46.5 Å². The quantitative estimate of drug-likeness (QED) is 0.574. The van der Waals surface area contributed by atoms with E-state index >= 15 is 0 Å². The average Bonchev–Trinajstić information content (AvgIpc) is 3.16. The number of halogens is 3. The van der Waals surface area contributed by atoms with Gasteiger partial charge in [-0.25, -0.2) is 4.79 Å². The summed E-state index contributed by atoms with van der Waals surface area (Å²) in [6.07, 6.45) is -3.55. The summed E-state index contributed by atoms with van der Waals surface area (Å²) in [5.74, 6) is -0.415. The molecule has 0 spiro atoms. The van der Waals surface area contributed by atoms with Crippen LogP contribution in [0, 0.1) is 0 Å². The van der Waals surface area contributed by atoms with E-state index in [9.17, 15) is 18.0 Å². The van der Waals surface area contributed by atoms with Crippen LogP contribution in [0.3, 0.4) is 0 Å². The molecule has 13 heteroatoms. The van der Waals surface area contributed by atoms with E-state index in [2.05, 4.69) is 25.4 Å². The van der Waals surface area contributed by atoms with Gasteiger partial charge in [-0.05, 0) is 28.6 Å². The van der Waals surface area contributed by atoms with Gasteiger partial charge in [-0.3, -0.25) is 0 Å². The number of benzene rings is 1. The van der Waals surface area contributed by atoms with Crippen LogP contribution in [0.15, 0.2) is 35.3 Å². The predicted molar refractivity (Wildman–Crippen MR) is 75.2 cm³/mol. The molecule has 0 saturated heterocycles. The Hall–Kier alpha value is -2.21. The second-order valence-corrected chi connectivity index (χ2v) is 4.76. The van der Waals surface area contributed by atoms with E-state index in [0.717, 1.165) is 15.4 Å². The predicted octanol–water partition coefficient (Wildman–Crippen LogP) is 0.793. The third kappa shape index (κ3) is 4.49. The fourth-order valence-corrected chi connectivity index (χ4v) is 2.03. The van der Waals surface area contributed by atoms with Gasteiger partial charge in [0.1, 0.15) is 12.4 Å². The fourth-order valence-electron chi connectivity index (χ4n) is 2.03. The van der Waals surface area contributed by atoms with Crippen molar-refractivity contribution < 1.29 is 55.4 Å². The molecular formula is C13H10F3N6O3Y-. The molecule has 1 radical (unpaired) electrons. The summed E-state index contributed by atoms with van der Waals surface area (Å²) in [6, 6.07) is 5.23. The number of hydrogen-bond donors (Lipinski definition) is 0. The number of alkyl halides is 3. The van der Waals surface area contributed by atoms with Gasteiger partial charge >= 0.3 is 12.1 Å². The van der Waals surface area contributed by atoms with Crippen molar-refractivity contribution >= 4 is 0 Å². The third-order valence-electron chi connectivity index (χ3n) is 3.09. The zero-order valence-corrected chi connectivity index (χ0v) is 16.1. The van der Waals surface area contributed by atoms with E-state index in [-0.39, 0.29) is 56.4 Å². The third-order valence-corrected chi connectivity index (χ3v) is 3.09. The number of aromatic nitrogens is 6. The van der Waals surface area contributed by atoms with Crippen LogP contribution in [0.1, 0.15) is 5.56 Å². The molecule has 0 atom stereocenters. The second kappa shape index (κ2) is 8.00. The van der Waals surface area contributed by atoms with Crippen molar-refractivity contribution in [2.75, 3.05) is 0 Å². The van der Waals surface area contributed by atoms with Crippen LogP contribution in [-0.2, 0) is 46.4 Å². The molecular weight excluding hydrogens is 434 g/mol. The number of hydrogen-bond acceptors (Lipinski definition) is 6. The Morgan fingerprint density at radius 1 is 1.23 bits per heavy atom. The molecule has 0 unspecified atom stereocenters. The first kappa shape index (κ1) is 20.1. The molecule has 135 valence electrons. The van der Waals surface area contributed by atoms with Crippen LogP contribution in [0.4, 0.5) is 13.2 Å². The molecule has 26 heavy (non-hydrogen) atoms. The maximum absolute atomic E-state index is 12.7. The molecule has 3 aromatic rings. The largest absolute Gasteiger partial charge is 0.579 e. The SMILES string of the molecule is Cn1nnn(-c2cccc(OC(F)(F)F)c2COc2cc[n-]n2)c1=O.[Y]. The summed E-state index contributed by atoms with van der Waals surface area (Å²) in [7, 11) is 1.36. The number of ether oxygens (including phenoxy) is 2. The molecule has 1 aromatic carbocycles. The smallest absolute Gasteiger partial charge is 0.573 e. The van der Waals surface area contributed by atoms with Gasteiger partial charge in [0.05, 0.1) is 11.3 Å². The Labute approximate surface area is 168 Å². The first-order valence-corrected chi connectivity index (χ1v) is 6.79. The van der Waals surface area contributed by atoms with Gasteiger partial charge in [-0.15, -0.1) is 13.2 Å². The van der Waals surface area contributed by atoms with Crippen LogP contribution in [0.2, 0.25) is 0 Å². The van der Waals surface area contributed by atoms with Crippen molar-refractivity contribution in [3.63, 3.8) is 0 Å². The molecule has 0 amide bonds. The van der Waals surface area contributed by atoms with Crippen molar-refractivity contribution in [1.29, 1.82) is 0 Å². The summed E-state index contributed by atoms with van der Waals surface area (Å²) in [4.78, 5) is 12.0. The molecule has 3 rings (SSSR count). The van der Waals surface area contributed by atoms with Crippen molar-refractivity contribution in [2.24, 2.45) is 7.05 Å². The normalized spacial score (nSPS) is 11.1. The molecule has 0 aliphatic rings. The number of nitrogens with zero attached hydrogens (tertiary/aromatic N) is 6. The van der Waals surface area contributed by atoms with E-state index in [1.165, 1.54) is 31.4 Å². The van der Waals surface area contributed by atoms with Crippen LogP contribution in [-0.4, -0.2) is 31.3 Å². The Kier molecular flexibility index (Phi) is 6.19. The monoisotopic (exact) mass is 444 g/mol. The Morgan fingerprint density at radius 2 is 2.00 bits per heavy atom. The first-order chi connectivity index (χ1) is 11.8. The molecule has 0 fully saturated rings. The molecule has 2 heterocycles. The molecule has 0 aliphatic heterocycles. The minimum absolute atomic E-state index is 0. The van der Waals surface area contributed by atoms with Crippen molar-refractivity contribution in [3.8, 4) is 17.3 Å². The molecule has 0 aliphatic carbocycles. The molecule has 0 bridgehead atoms. The first-order valence-electron chi connectivity index (χ1n) is 6.79. The van der Waals surface area contributed by atoms with E-state index in [1.807, 2.05) is 0 Å². The van der Waals surface area contributed by atoms with E-state index in [4.69, 9.17) is 4.74 Å². The van der Waals surface area contributed by atoms with E-state index in [0.29, 0.717) is 0 Å². The summed E-state index contributed by atoms with van der Waals surface area (Å²) in [5, 5.41) is 14.3. The zero-order valence-electron chi connectivity index (χ0n) is 13.2. The van der Waals surface area contributed by atoms with Crippen LogP contribution < -0.4 is 20.3 Å². The Balaban J connectivity index is 0.00000243. The topological polar surface area (TPSA) is 98.2 Å². The molecule has 2 aromatic heterocycles. The Morgan fingerprint density at radius 3 is 2.58 bits per heavy atom. The number of aryl methyl sites for hydroxylation is 1. The second-order valence-electron chi connectivity index (χ2n) is 4.76. The van der Waals surface area contributed by atoms with Gasteiger partial charge in [0.2, 0.25) is 0 Å². The summed E-state index contributed by atoms with van der Waals surface area (Å²) >= 11 is 0. The fraction of sp³-hybridized carbons (Fsp3) is 0.231. The van der Waals surface area contributed by atoms with Crippen LogP contribution in [0.25, 0.3) is 5.69 Å². The van der Waals surface area contributed by atoms with Gasteiger partial charge < -0.3 is 19.7 Å². The van der Waals surface area contributed by atoms with Crippen LogP contribution >= 0.6 is 0 Å². The molecule has 9 nitrogen and oxygen atoms in total. The minimum atomic E-state index is -4.92. The van der Waals surface area contributed by atoms with Crippen molar-refractivity contribution in [1.82, 2.24) is 30.0 Å². The Bertz CT molecular complexity index is 922. The number of rotatable bonds is 5.